The van der Waals surface area contributed by atoms with Gasteiger partial charge in [0.25, 0.3) is 0 Å². The largest absolute Gasteiger partial charge is 0.156 e. The van der Waals surface area contributed by atoms with Gasteiger partial charge in [0.15, 0.2) is 0 Å². The fourth-order valence-corrected chi connectivity index (χ4v) is 4.60. The Morgan fingerprint density at radius 1 is 1.50 bits per heavy atom. The number of hydrogen-bond acceptors (Lipinski definition) is 2. The first-order chi connectivity index (χ1) is 5.74. The number of hydrogen-bond donors (Lipinski definition) is 0. The lowest BCUT2D eigenvalue weighted by molar-refractivity contribution is 0.507. The third-order valence-electron chi connectivity index (χ3n) is 2.60. The van der Waals surface area contributed by atoms with Crippen molar-refractivity contribution in [1.82, 2.24) is 0 Å². The van der Waals surface area contributed by atoms with Gasteiger partial charge in [-0.3, -0.25) is 0 Å². The van der Waals surface area contributed by atoms with E-state index in [1.54, 1.807) is 10.4 Å². The zero-order valence-electron chi connectivity index (χ0n) is 7.70. The van der Waals surface area contributed by atoms with E-state index in [0.29, 0.717) is 0 Å². The molecule has 0 amide bonds. The fourth-order valence-electron chi connectivity index (χ4n) is 2.01. The van der Waals surface area contributed by atoms with Crippen molar-refractivity contribution in [2.24, 2.45) is 5.92 Å². The molecule has 1 aromatic rings. The molecule has 0 fully saturated rings. The van der Waals surface area contributed by atoms with E-state index in [1.807, 2.05) is 23.1 Å². The van der Waals surface area contributed by atoms with Gasteiger partial charge in [0, 0.05) is 16.0 Å². The monoisotopic (exact) mass is 198 g/mol. The lowest BCUT2D eigenvalue weighted by Crippen LogP contribution is -2.09. The van der Waals surface area contributed by atoms with E-state index in [-0.39, 0.29) is 0 Å². The molecular weight excluding hydrogens is 184 g/mol. The summed E-state index contributed by atoms with van der Waals surface area (Å²) < 4.78 is 0. The molecule has 1 heterocycles. The van der Waals surface area contributed by atoms with E-state index < -0.39 is 0 Å². The lowest BCUT2D eigenvalue weighted by atomic mass is 9.93. The zero-order valence-corrected chi connectivity index (χ0v) is 9.34. The van der Waals surface area contributed by atoms with E-state index in [2.05, 4.69) is 31.5 Å². The summed E-state index contributed by atoms with van der Waals surface area (Å²) >= 11 is 3.93. The summed E-state index contributed by atoms with van der Waals surface area (Å²) in [6.45, 7) is 4.66. The average molecular weight is 198 g/mol. The molecule has 0 saturated carbocycles. The predicted octanol–water partition coefficient (Wildman–Crippen LogP) is 3.91. The highest BCUT2D eigenvalue weighted by atomic mass is 32.2. The molecule has 1 aliphatic carbocycles. The van der Waals surface area contributed by atoms with E-state index in [4.69, 9.17) is 0 Å². The first kappa shape index (κ1) is 8.64. The first-order valence-corrected chi connectivity index (χ1v) is 6.52. The predicted molar refractivity (Wildman–Crippen MR) is 58.2 cm³/mol. The Balaban J connectivity index is 2.31. The van der Waals surface area contributed by atoms with Gasteiger partial charge in [0.1, 0.15) is 0 Å². The van der Waals surface area contributed by atoms with Crippen molar-refractivity contribution in [2.75, 3.05) is 6.26 Å². The van der Waals surface area contributed by atoms with Crippen LogP contribution in [0, 0.1) is 5.92 Å². The van der Waals surface area contributed by atoms with Gasteiger partial charge in [-0.25, -0.2) is 0 Å². The molecule has 0 spiro atoms. The molecule has 0 radical (unpaired) electrons. The van der Waals surface area contributed by atoms with Gasteiger partial charge < -0.3 is 0 Å². The van der Waals surface area contributed by atoms with Crippen molar-refractivity contribution in [3.8, 4) is 0 Å². The summed E-state index contributed by atoms with van der Waals surface area (Å²) in [5, 5.41) is 3.07. The second-order valence-electron chi connectivity index (χ2n) is 3.71. The molecule has 0 nitrogen and oxygen atoms in total. The smallest absolute Gasteiger partial charge is 0.0381 e. The molecule has 2 atom stereocenters. The molecule has 66 valence electrons. The molecule has 12 heavy (non-hydrogen) atoms. The van der Waals surface area contributed by atoms with Crippen LogP contribution in [0.2, 0.25) is 0 Å². The van der Waals surface area contributed by atoms with Crippen molar-refractivity contribution in [1.29, 1.82) is 0 Å². The van der Waals surface area contributed by atoms with Crippen LogP contribution in [0.15, 0.2) is 11.4 Å². The maximum Gasteiger partial charge on any atom is 0.0381 e. The van der Waals surface area contributed by atoms with Gasteiger partial charge in [0.2, 0.25) is 0 Å². The van der Waals surface area contributed by atoms with Gasteiger partial charge >= 0.3 is 0 Å². The first-order valence-electron chi connectivity index (χ1n) is 4.35. The van der Waals surface area contributed by atoms with Crippen LogP contribution in [0.3, 0.4) is 0 Å². The van der Waals surface area contributed by atoms with Crippen molar-refractivity contribution >= 4 is 23.1 Å². The van der Waals surface area contributed by atoms with E-state index in [0.717, 1.165) is 17.1 Å². The number of fused-ring (bicyclic) bond motifs is 2. The van der Waals surface area contributed by atoms with Gasteiger partial charge in [-0.15, -0.1) is 11.3 Å². The Bertz CT molecular complexity index is 275. The molecule has 1 aromatic heterocycles. The van der Waals surface area contributed by atoms with Gasteiger partial charge in [-0.2, -0.15) is 11.8 Å². The van der Waals surface area contributed by atoms with Crippen LogP contribution in [-0.2, 0) is 0 Å². The molecule has 1 aliphatic rings. The number of thiophene rings is 1. The van der Waals surface area contributed by atoms with Gasteiger partial charge in [-0.1, -0.05) is 13.8 Å². The van der Waals surface area contributed by atoms with E-state index in [9.17, 15) is 0 Å². The lowest BCUT2D eigenvalue weighted by Gasteiger charge is -2.24. The van der Waals surface area contributed by atoms with Gasteiger partial charge in [0.05, 0.1) is 0 Å². The van der Waals surface area contributed by atoms with Crippen molar-refractivity contribution in [3.63, 3.8) is 0 Å². The second kappa shape index (κ2) is 3.08. The Labute approximate surface area is 82.4 Å². The third kappa shape index (κ3) is 1.12. The minimum absolute atomic E-state index is 0.751. The highest BCUT2D eigenvalue weighted by Crippen LogP contribution is 2.53. The molecule has 2 heteroatoms. The topological polar surface area (TPSA) is 0 Å². The van der Waals surface area contributed by atoms with Crippen molar-refractivity contribution < 1.29 is 0 Å². The molecule has 0 aromatic carbocycles. The molecule has 0 aliphatic heterocycles. The standard InChI is InChI=1S/C10H14S2/c1-6(2)9-8-4-7(5-12-8)10(9)11-3/h4-6,9-10H,1-3H3. The highest BCUT2D eigenvalue weighted by molar-refractivity contribution is 7.98. The maximum absolute atomic E-state index is 2.39. The van der Waals surface area contributed by atoms with Crippen molar-refractivity contribution in [3.05, 3.63) is 21.9 Å². The Hall–Kier alpha value is 0.0500. The number of thioether (sulfide) groups is 1. The Kier molecular flexibility index (Phi) is 2.21. The summed E-state index contributed by atoms with van der Waals surface area (Å²) in [4.78, 5) is 1.60. The summed E-state index contributed by atoms with van der Waals surface area (Å²) in [5.74, 6) is 1.58. The van der Waals surface area contributed by atoms with Crippen LogP contribution in [0.5, 0.6) is 0 Å². The van der Waals surface area contributed by atoms with Crippen molar-refractivity contribution in [2.45, 2.75) is 25.0 Å². The summed E-state index contributed by atoms with van der Waals surface area (Å²) in [7, 11) is 0. The van der Waals surface area contributed by atoms with Gasteiger partial charge in [-0.05, 0) is 29.2 Å². The zero-order chi connectivity index (χ0) is 8.72. The SMILES string of the molecule is CSC1c2csc(c2)C1C(C)C. The highest BCUT2D eigenvalue weighted by Gasteiger charge is 2.34. The van der Waals surface area contributed by atoms with Crippen LogP contribution in [0.1, 0.15) is 35.5 Å². The summed E-state index contributed by atoms with van der Waals surface area (Å²) in [5.41, 5.74) is 1.56. The quantitative estimate of drug-likeness (QED) is 0.694. The molecule has 2 unspecified atom stereocenters. The van der Waals surface area contributed by atoms with E-state index >= 15 is 0 Å². The third-order valence-corrected chi connectivity index (χ3v) is 4.72. The van der Waals surface area contributed by atoms with E-state index in [1.165, 1.54) is 0 Å². The minimum Gasteiger partial charge on any atom is -0.156 e. The minimum atomic E-state index is 0.751. The van der Waals surface area contributed by atoms with Crippen LogP contribution in [0.25, 0.3) is 0 Å². The molecule has 0 N–H and O–H groups in total. The van der Waals surface area contributed by atoms with Crippen LogP contribution >= 0.6 is 23.1 Å². The molecular formula is C10H14S2. The maximum atomic E-state index is 2.39. The average Bonchev–Trinajstić information content (AvgIpc) is 2.60. The number of rotatable bonds is 2. The fraction of sp³-hybridized carbons (Fsp3) is 0.600. The summed E-state index contributed by atoms with van der Waals surface area (Å²) in [6, 6.07) is 2.39. The Morgan fingerprint density at radius 2 is 2.25 bits per heavy atom. The second-order valence-corrected chi connectivity index (χ2v) is 5.63. The van der Waals surface area contributed by atoms with Crippen LogP contribution in [0.4, 0.5) is 0 Å². The molecule has 0 saturated heterocycles. The normalized spacial score (nSPS) is 27.0. The van der Waals surface area contributed by atoms with Crippen LogP contribution < -0.4 is 0 Å². The Morgan fingerprint density at radius 3 is 2.75 bits per heavy atom. The molecule has 2 rings (SSSR count). The molecule has 2 bridgehead atoms. The summed E-state index contributed by atoms with van der Waals surface area (Å²) in [6.07, 6.45) is 2.22. The van der Waals surface area contributed by atoms with Crippen LogP contribution in [-0.4, -0.2) is 6.26 Å².